The quantitative estimate of drug-likeness (QED) is 0.837. The highest BCUT2D eigenvalue weighted by atomic mass is 19.3. The monoisotopic (exact) mass is 296 g/mol. The molecule has 0 N–H and O–H groups in total. The molecule has 0 radical (unpaired) electrons. The number of hydrazine groups is 1. The molecule has 0 spiro atoms. The minimum atomic E-state index is -2.61. The standard InChI is InChI=1S/C14H18F2N4O/c1-9-7-18-11(8-17-9)12-4-6-19-5-2-3-10(13(15)16)14(21)20(12)19/h7-8,10,12-13H,2-6H2,1H3/t10-,12+/m1/s1. The molecule has 3 rings (SSSR count). The number of rotatable bonds is 2. The molecule has 21 heavy (non-hydrogen) atoms. The van der Waals surface area contributed by atoms with Crippen molar-refractivity contribution in [1.29, 1.82) is 0 Å². The third kappa shape index (κ3) is 2.62. The molecular formula is C14H18F2N4O. The molecule has 0 aliphatic carbocycles. The Morgan fingerprint density at radius 3 is 2.71 bits per heavy atom. The summed E-state index contributed by atoms with van der Waals surface area (Å²) in [4.78, 5) is 21.0. The number of hydrogen-bond donors (Lipinski definition) is 0. The molecule has 3 heterocycles. The van der Waals surface area contributed by atoms with Crippen molar-refractivity contribution < 1.29 is 13.6 Å². The topological polar surface area (TPSA) is 49.3 Å². The second-order valence-electron chi connectivity index (χ2n) is 5.61. The first-order valence-corrected chi connectivity index (χ1v) is 7.22. The number of nitrogens with zero attached hydrogens (tertiary/aromatic N) is 4. The second-order valence-corrected chi connectivity index (χ2v) is 5.61. The smallest absolute Gasteiger partial charge is 0.250 e. The van der Waals surface area contributed by atoms with E-state index in [4.69, 9.17) is 0 Å². The molecule has 5 nitrogen and oxygen atoms in total. The Bertz CT molecular complexity index is 522. The summed E-state index contributed by atoms with van der Waals surface area (Å²) in [5, 5.41) is 3.39. The van der Waals surface area contributed by atoms with E-state index in [1.807, 2.05) is 11.9 Å². The molecule has 7 heteroatoms. The van der Waals surface area contributed by atoms with E-state index in [9.17, 15) is 13.6 Å². The van der Waals surface area contributed by atoms with E-state index in [1.165, 1.54) is 5.01 Å². The fraction of sp³-hybridized carbons (Fsp3) is 0.643. The van der Waals surface area contributed by atoms with Crippen LogP contribution in [0.5, 0.6) is 0 Å². The first-order chi connectivity index (χ1) is 10.1. The van der Waals surface area contributed by atoms with Crippen LogP contribution in [0.4, 0.5) is 8.78 Å². The lowest BCUT2D eigenvalue weighted by Crippen LogP contribution is -2.44. The first-order valence-electron chi connectivity index (χ1n) is 7.22. The molecule has 2 fully saturated rings. The summed E-state index contributed by atoms with van der Waals surface area (Å²) in [6.07, 6.45) is 2.24. The molecular weight excluding hydrogens is 278 g/mol. The number of carbonyl (C=O) groups is 1. The van der Waals surface area contributed by atoms with Gasteiger partial charge in [0.25, 0.3) is 0 Å². The number of aromatic nitrogens is 2. The average molecular weight is 296 g/mol. The summed E-state index contributed by atoms with van der Waals surface area (Å²) in [5.74, 6) is -1.68. The fourth-order valence-electron chi connectivity index (χ4n) is 3.08. The summed E-state index contributed by atoms with van der Waals surface area (Å²) in [5.41, 5.74) is 1.47. The molecule has 1 amide bonds. The molecule has 1 aromatic rings. The van der Waals surface area contributed by atoms with Gasteiger partial charge in [0.05, 0.1) is 23.6 Å². The van der Waals surface area contributed by atoms with Crippen LogP contribution in [0.2, 0.25) is 0 Å². The van der Waals surface area contributed by atoms with Crippen LogP contribution in [0.25, 0.3) is 0 Å². The lowest BCUT2D eigenvalue weighted by Gasteiger charge is -2.31. The maximum atomic E-state index is 13.1. The number of hydrogen-bond acceptors (Lipinski definition) is 4. The van der Waals surface area contributed by atoms with E-state index in [-0.39, 0.29) is 12.5 Å². The van der Waals surface area contributed by atoms with Crippen molar-refractivity contribution >= 4 is 5.91 Å². The summed E-state index contributed by atoms with van der Waals surface area (Å²) in [6, 6.07) is -0.273. The van der Waals surface area contributed by atoms with Gasteiger partial charge in [-0.3, -0.25) is 19.8 Å². The Morgan fingerprint density at radius 2 is 2.05 bits per heavy atom. The Kier molecular flexibility index (Phi) is 3.84. The largest absolute Gasteiger partial charge is 0.273 e. The van der Waals surface area contributed by atoms with Crippen molar-refractivity contribution in [2.75, 3.05) is 13.1 Å². The highest BCUT2D eigenvalue weighted by Crippen LogP contribution is 2.36. The van der Waals surface area contributed by atoms with E-state index >= 15 is 0 Å². The normalized spacial score (nSPS) is 27.0. The van der Waals surface area contributed by atoms with Crippen molar-refractivity contribution in [3.05, 3.63) is 23.8 Å². The van der Waals surface area contributed by atoms with Gasteiger partial charge in [-0.05, 0) is 26.2 Å². The zero-order valence-corrected chi connectivity index (χ0v) is 11.9. The van der Waals surface area contributed by atoms with Crippen molar-refractivity contribution in [2.45, 2.75) is 38.7 Å². The molecule has 2 saturated heterocycles. The van der Waals surface area contributed by atoms with Crippen LogP contribution in [-0.4, -0.2) is 45.4 Å². The third-order valence-electron chi connectivity index (χ3n) is 4.18. The number of carbonyl (C=O) groups excluding carboxylic acids is 1. The lowest BCUT2D eigenvalue weighted by molar-refractivity contribution is -0.154. The van der Waals surface area contributed by atoms with E-state index < -0.39 is 18.3 Å². The van der Waals surface area contributed by atoms with Gasteiger partial charge in [-0.2, -0.15) is 0 Å². The van der Waals surface area contributed by atoms with Gasteiger partial charge >= 0.3 is 0 Å². The molecule has 0 aromatic carbocycles. The Hall–Kier alpha value is -1.63. The Labute approximate surface area is 121 Å². The molecule has 114 valence electrons. The van der Waals surface area contributed by atoms with Gasteiger partial charge in [0.2, 0.25) is 12.3 Å². The Balaban J connectivity index is 1.89. The van der Waals surface area contributed by atoms with E-state index in [2.05, 4.69) is 9.97 Å². The summed E-state index contributed by atoms with van der Waals surface area (Å²) in [6.45, 7) is 3.17. The number of aryl methyl sites for hydroxylation is 1. The highest BCUT2D eigenvalue weighted by molar-refractivity contribution is 5.79. The predicted molar refractivity (Wildman–Crippen MR) is 71.3 cm³/mol. The predicted octanol–water partition coefficient (Wildman–Crippen LogP) is 1.95. The third-order valence-corrected chi connectivity index (χ3v) is 4.18. The molecule has 2 aliphatic rings. The zero-order chi connectivity index (χ0) is 15.0. The van der Waals surface area contributed by atoms with Crippen molar-refractivity contribution in [3.8, 4) is 0 Å². The first kappa shape index (κ1) is 14.3. The number of amides is 1. The van der Waals surface area contributed by atoms with Crippen LogP contribution >= 0.6 is 0 Å². The van der Waals surface area contributed by atoms with Crippen molar-refractivity contribution in [2.24, 2.45) is 5.92 Å². The van der Waals surface area contributed by atoms with Crippen LogP contribution in [-0.2, 0) is 4.79 Å². The maximum Gasteiger partial charge on any atom is 0.250 e. The van der Waals surface area contributed by atoms with Gasteiger partial charge in [-0.1, -0.05) is 0 Å². The van der Waals surface area contributed by atoms with Gasteiger partial charge in [0.1, 0.15) is 5.92 Å². The van der Waals surface area contributed by atoms with Gasteiger partial charge in [-0.15, -0.1) is 0 Å². The minimum Gasteiger partial charge on any atom is -0.273 e. The van der Waals surface area contributed by atoms with Crippen LogP contribution < -0.4 is 0 Å². The van der Waals surface area contributed by atoms with Crippen LogP contribution in [0, 0.1) is 12.8 Å². The molecule has 0 bridgehead atoms. The number of alkyl halides is 2. The van der Waals surface area contributed by atoms with Crippen molar-refractivity contribution in [1.82, 2.24) is 20.0 Å². The van der Waals surface area contributed by atoms with Gasteiger partial charge in [0, 0.05) is 19.3 Å². The lowest BCUT2D eigenvalue weighted by atomic mass is 10.0. The van der Waals surface area contributed by atoms with Crippen LogP contribution in [0.1, 0.15) is 36.7 Å². The molecule has 0 unspecified atom stereocenters. The van der Waals surface area contributed by atoms with Gasteiger partial charge in [0.15, 0.2) is 0 Å². The van der Waals surface area contributed by atoms with Crippen molar-refractivity contribution in [3.63, 3.8) is 0 Å². The fourth-order valence-corrected chi connectivity index (χ4v) is 3.08. The van der Waals surface area contributed by atoms with Gasteiger partial charge in [-0.25, -0.2) is 13.8 Å². The average Bonchev–Trinajstić information content (AvgIpc) is 2.80. The number of fused-ring (bicyclic) bond motifs is 1. The van der Waals surface area contributed by atoms with Gasteiger partial charge < -0.3 is 0 Å². The second kappa shape index (κ2) is 5.63. The van der Waals surface area contributed by atoms with Crippen LogP contribution in [0.3, 0.4) is 0 Å². The zero-order valence-electron chi connectivity index (χ0n) is 11.9. The summed E-state index contributed by atoms with van der Waals surface area (Å²) < 4.78 is 26.2. The molecule has 0 saturated carbocycles. The highest BCUT2D eigenvalue weighted by Gasteiger charge is 2.44. The van der Waals surface area contributed by atoms with Crippen LogP contribution in [0.15, 0.2) is 12.4 Å². The SMILES string of the molecule is Cc1cnc([C@@H]2CCN3CCC[C@H](C(F)F)C(=O)N23)cn1. The van der Waals surface area contributed by atoms with E-state index in [0.717, 1.165) is 5.69 Å². The summed E-state index contributed by atoms with van der Waals surface area (Å²) >= 11 is 0. The maximum absolute atomic E-state index is 13.1. The van der Waals surface area contributed by atoms with E-state index in [1.54, 1.807) is 12.4 Å². The molecule has 1 aromatic heterocycles. The van der Waals surface area contributed by atoms with E-state index in [0.29, 0.717) is 31.6 Å². The molecule has 2 atom stereocenters. The number of halogens is 2. The molecule has 2 aliphatic heterocycles. The Morgan fingerprint density at radius 1 is 1.24 bits per heavy atom. The minimum absolute atomic E-state index is 0.246. The summed E-state index contributed by atoms with van der Waals surface area (Å²) in [7, 11) is 0.